The number of nitrogens with one attached hydrogen (secondary N) is 1. The maximum Gasteiger partial charge on any atom is 0.203 e. The molecule has 5 heteroatoms. The number of benzene rings is 2. The van der Waals surface area contributed by atoms with Gasteiger partial charge in [-0.2, -0.15) is 5.10 Å². The summed E-state index contributed by atoms with van der Waals surface area (Å²) in [5.74, 6) is 0. The van der Waals surface area contributed by atoms with Crippen molar-refractivity contribution < 1.29 is 0 Å². The van der Waals surface area contributed by atoms with Crippen LogP contribution in [-0.4, -0.2) is 10.7 Å². The summed E-state index contributed by atoms with van der Waals surface area (Å²) in [5.41, 5.74) is 7.09. The number of anilines is 1. The molecule has 0 aliphatic rings. The van der Waals surface area contributed by atoms with E-state index in [0.29, 0.717) is 0 Å². The Hall–Kier alpha value is -2.24. The molecule has 0 atom stereocenters. The molecule has 0 fully saturated rings. The molecule has 0 saturated carbocycles. The Labute approximate surface area is 153 Å². The van der Waals surface area contributed by atoms with Crippen molar-refractivity contribution in [1.29, 1.82) is 0 Å². The number of thiazole rings is 1. The third-order valence-corrected chi connectivity index (χ3v) is 4.56. The summed E-state index contributed by atoms with van der Waals surface area (Å²) in [6.45, 7) is 1.95. The standard InChI is InChI=1S/C19H16BrN3S/c1-14(7-8-15-5-3-2-4-6-15)22-23-19-21-18(13-24-19)16-9-11-17(20)12-10-16/h2-13H,1H3,(H,21,23)/b8-7+,22-14+. The number of halogens is 1. The van der Waals surface area contributed by atoms with E-state index in [1.54, 1.807) is 0 Å². The molecule has 0 amide bonds. The minimum atomic E-state index is 0.778. The third kappa shape index (κ3) is 4.63. The van der Waals surface area contributed by atoms with Crippen LogP contribution in [0.5, 0.6) is 0 Å². The zero-order chi connectivity index (χ0) is 16.8. The maximum absolute atomic E-state index is 4.56. The zero-order valence-electron chi connectivity index (χ0n) is 13.1. The molecule has 1 N–H and O–H groups in total. The van der Waals surface area contributed by atoms with Gasteiger partial charge in [-0.3, -0.25) is 5.43 Å². The Balaban J connectivity index is 1.64. The Morgan fingerprint density at radius 1 is 1.12 bits per heavy atom. The molecule has 120 valence electrons. The van der Waals surface area contributed by atoms with Gasteiger partial charge in [-0.1, -0.05) is 64.5 Å². The fraction of sp³-hybridized carbons (Fsp3) is 0.0526. The van der Waals surface area contributed by atoms with E-state index in [0.717, 1.165) is 32.1 Å². The van der Waals surface area contributed by atoms with Crippen LogP contribution < -0.4 is 5.43 Å². The number of allylic oxidation sites excluding steroid dienone is 1. The monoisotopic (exact) mass is 397 g/mol. The lowest BCUT2D eigenvalue weighted by Crippen LogP contribution is -1.94. The van der Waals surface area contributed by atoms with Crippen LogP contribution in [0.3, 0.4) is 0 Å². The van der Waals surface area contributed by atoms with Gasteiger partial charge in [0.05, 0.1) is 11.4 Å². The van der Waals surface area contributed by atoms with Crippen LogP contribution in [0.2, 0.25) is 0 Å². The molecule has 0 spiro atoms. The molecule has 0 aliphatic carbocycles. The lowest BCUT2D eigenvalue weighted by atomic mass is 10.2. The molecule has 0 radical (unpaired) electrons. The quantitative estimate of drug-likeness (QED) is 0.418. The van der Waals surface area contributed by atoms with Gasteiger partial charge < -0.3 is 0 Å². The Morgan fingerprint density at radius 3 is 2.62 bits per heavy atom. The molecule has 3 nitrogen and oxygen atoms in total. The van der Waals surface area contributed by atoms with E-state index in [1.807, 2.05) is 66.9 Å². The van der Waals surface area contributed by atoms with Crippen LogP contribution in [0, 0.1) is 0 Å². The van der Waals surface area contributed by atoms with Crippen molar-refractivity contribution in [2.45, 2.75) is 6.92 Å². The lowest BCUT2D eigenvalue weighted by molar-refractivity contribution is 1.28. The van der Waals surface area contributed by atoms with Crippen LogP contribution in [-0.2, 0) is 0 Å². The summed E-state index contributed by atoms with van der Waals surface area (Å²) < 4.78 is 1.06. The fourth-order valence-electron chi connectivity index (χ4n) is 2.03. The smallest absolute Gasteiger partial charge is 0.203 e. The second-order valence-corrected chi connectivity index (χ2v) is 6.93. The van der Waals surface area contributed by atoms with Gasteiger partial charge in [-0.15, -0.1) is 11.3 Å². The van der Waals surface area contributed by atoms with Gasteiger partial charge >= 0.3 is 0 Å². The maximum atomic E-state index is 4.56. The topological polar surface area (TPSA) is 37.3 Å². The third-order valence-electron chi connectivity index (χ3n) is 3.29. The van der Waals surface area contributed by atoms with Crippen molar-refractivity contribution in [3.8, 4) is 11.3 Å². The summed E-state index contributed by atoms with van der Waals surface area (Å²) in [7, 11) is 0. The average molecular weight is 398 g/mol. The van der Waals surface area contributed by atoms with Crippen LogP contribution in [0.15, 0.2) is 75.6 Å². The fourth-order valence-corrected chi connectivity index (χ4v) is 2.96. The van der Waals surface area contributed by atoms with Crippen LogP contribution >= 0.6 is 27.3 Å². The first-order chi connectivity index (χ1) is 11.7. The molecule has 24 heavy (non-hydrogen) atoms. The SMILES string of the molecule is CC(/C=C/c1ccccc1)=N\Nc1nc(-c2ccc(Br)cc2)cs1. The Morgan fingerprint density at radius 2 is 1.88 bits per heavy atom. The van der Waals surface area contributed by atoms with Crippen molar-refractivity contribution in [1.82, 2.24) is 4.98 Å². The number of aromatic nitrogens is 1. The molecule has 1 heterocycles. The number of hydrazone groups is 1. The largest absolute Gasteiger partial charge is 0.252 e. The molecule has 0 bridgehead atoms. The van der Waals surface area contributed by atoms with Crippen molar-refractivity contribution in [3.05, 3.63) is 76.1 Å². The van der Waals surface area contributed by atoms with Crippen molar-refractivity contribution >= 4 is 44.2 Å². The molecule has 0 saturated heterocycles. The predicted octanol–water partition coefficient (Wildman–Crippen LogP) is 6.07. The van der Waals surface area contributed by atoms with Gasteiger partial charge in [0.2, 0.25) is 5.13 Å². The molecule has 3 aromatic rings. The van der Waals surface area contributed by atoms with Gasteiger partial charge in [-0.25, -0.2) is 4.98 Å². The second-order valence-electron chi connectivity index (χ2n) is 5.15. The number of hydrogen-bond donors (Lipinski definition) is 1. The molecule has 0 aliphatic heterocycles. The van der Waals surface area contributed by atoms with Crippen molar-refractivity contribution in [2.24, 2.45) is 5.10 Å². The van der Waals surface area contributed by atoms with E-state index in [4.69, 9.17) is 0 Å². The minimum absolute atomic E-state index is 0.778. The molecular formula is C19H16BrN3S. The van der Waals surface area contributed by atoms with Crippen LogP contribution in [0.25, 0.3) is 17.3 Å². The van der Waals surface area contributed by atoms with E-state index in [1.165, 1.54) is 11.3 Å². The van der Waals surface area contributed by atoms with Gasteiger partial charge in [0.25, 0.3) is 0 Å². The summed E-state index contributed by atoms with van der Waals surface area (Å²) in [6.07, 6.45) is 4.02. The average Bonchev–Trinajstić information content (AvgIpc) is 3.09. The highest BCUT2D eigenvalue weighted by Gasteiger charge is 2.03. The molecule has 0 unspecified atom stereocenters. The molecule has 3 rings (SSSR count). The van der Waals surface area contributed by atoms with E-state index in [2.05, 4.69) is 43.6 Å². The summed E-state index contributed by atoms with van der Waals surface area (Å²) >= 11 is 4.98. The predicted molar refractivity (Wildman–Crippen MR) is 107 cm³/mol. The highest BCUT2D eigenvalue weighted by Crippen LogP contribution is 2.26. The normalized spacial score (nSPS) is 11.8. The molecule has 1 aromatic heterocycles. The highest BCUT2D eigenvalue weighted by molar-refractivity contribution is 9.10. The van der Waals surface area contributed by atoms with E-state index < -0.39 is 0 Å². The van der Waals surface area contributed by atoms with E-state index in [-0.39, 0.29) is 0 Å². The van der Waals surface area contributed by atoms with Gasteiger partial charge in [0.1, 0.15) is 0 Å². The van der Waals surface area contributed by atoms with Crippen LogP contribution in [0.1, 0.15) is 12.5 Å². The van der Waals surface area contributed by atoms with Gasteiger partial charge in [0, 0.05) is 15.4 Å². The molecule has 2 aromatic carbocycles. The summed E-state index contributed by atoms with van der Waals surface area (Å²) in [6, 6.07) is 18.3. The van der Waals surface area contributed by atoms with Gasteiger partial charge in [0.15, 0.2) is 0 Å². The van der Waals surface area contributed by atoms with Crippen molar-refractivity contribution in [3.63, 3.8) is 0 Å². The van der Waals surface area contributed by atoms with E-state index >= 15 is 0 Å². The first-order valence-electron chi connectivity index (χ1n) is 7.45. The number of hydrogen-bond acceptors (Lipinski definition) is 4. The summed E-state index contributed by atoms with van der Waals surface area (Å²) in [4.78, 5) is 4.56. The Bertz CT molecular complexity index is 852. The van der Waals surface area contributed by atoms with Crippen molar-refractivity contribution in [2.75, 3.05) is 5.43 Å². The second kappa shape index (κ2) is 8.04. The highest BCUT2D eigenvalue weighted by atomic mass is 79.9. The molecular weight excluding hydrogens is 382 g/mol. The van der Waals surface area contributed by atoms with E-state index in [9.17, 15) is 0 Å². The number of nitrogens with zero attached hydrogens (tertiary/aromatic N) is 2. The Kier molecular flexibility index (Phi) is 5.56. The first kappa shape index (κ1) is 16.6. The summed E-state index contributed by atoms with van der Waals surface area (Å²) in [5, 5.41) is 7.15. The first-order valence-corrected chi connectivity index (χ1v) is 9.13. The lowest BCUT2D eigenvalue weighted by Gasteiger charge is -1.97. The van der Waals surface area contributed by atoms with Gasteiger partial charge in [-0.05, 0) is 30.7 Å². The number of rotatable bonds is 5. The van der Waals surface area contributed by atoms with Crippen LogP contribution in [0.4, 0.5) is 5.13 Å². The minimum Gasteiger partial charge on any atom is -0.252 e. The zero-order valence-corrected chi connectivity index (χ0v) is 15.5.